The van der Waals surface area contributed by atoms with Crippen molar-refractivity contribution in [2.24, 2.45) is 23.7 Å². The van der Waals surface area contributed by atoms with E-state index >= 15 is 0 Å². The van der Waals surface area contributed by atoms with E-state index in [4.69, 9.17) is 75.8 Å². The minimum atomic E-state index is -0.294. The van der Waals surface area contributed by atoms with Crippen molar-refractivity contribution in [1.29, 1.82) is 0 Å². The molecule has 0 N–H and O–H groups in total. The Bertz CT molecular complexity index is 5130. The van der Waals surface area contributed by atoms with E-state index in [9.17, 15) is 0 Å². The highest BCUT2D eigenvalue weighted by Gasteiger charge is 2.60. The first-order valence-electron chi connectivity index (χ1n) is 46.3. The lowest BCUT2D eigenvalue weighted by Gasteiger charge is -2.62. The molecule has 10 aromatic rings. The average Bonchev–Trinajstić information content (AvgIpc) is 1.64. The van der Waals surface area contributed by atoms with Gasteiger partial charge in [0.05, 0.1) is 52.9 Å². The van der Waals surface area contributed by atoms with Crippen LogP contribution in [0.25, 0.3) is 0 Å². The summed E-state index contributed by atoms with van der Waals surface area (Å²) in [6.45, 7) is 28.1. The van der Waals surface area contributed by atoms with Crippen molar-refractivity contribution in [2.75, 3.05) is 106 Å². The van der Waals surface area contributed by atoms with Crippen LogP contribution < -0.4 is 37.9 Å². The maximum absolute atomic E-state index is 6.10. The molecule has 7 aliphatic carbocycles. The Labute approximate surface area is 749 Å². The Morgan fingerprint density at radius 3 is 0.835 bits per heavy atom. The highest BCUT2D eigenvalue weighted by molar-refractivity contribution is 5.64. The van der Waals surface area contributed by atoms with Gasteiger partial charge in [-0.05, 0) is 268 Å². The second-order valence-electron chi connectivity index (χ2n) is 40.1. The van der Waals surface area contributed by atoms with Gasteiger partial charge in [-0.15, -0.1) is 0 Å². The summed E-state index contributed by atoms with van der Waals surface area (Å²) in [5.41, 5.74) is 17.6. The third kappa shape index (κ3) is 18.4. The Kier molecular flexibility index (Phi) is 23.5. The maximum Gasteiger partial charge on any atom is 0.119 e. The third-order valence-corrected chi connectivity index (χ3v) is 29.5. The van der Waals surface area contributed by atoms with Crippen LogP contribution in [-0.4, -0.2) is 155 Å². The molecule has 8 atom stereocenters. The molecule has 8 aliphatic heterocycles. The number of epoxide rings is 8. The van der Waals surface area contributed by atoms with E-state index in [0.717, 1.165) is 142 Å². The van der Waals surface area contributed by atoms with E-state index in [1.165, 1.54) is 104 Å². The lowest BCUT2D eigenvalue weighted by molar-refractivity contribution is -0.0418. The van der Waals surface area contributed by atoms with E-state index in [0.29, 0.717) is 52.9 Å². The molecule has 1 spiro atoms. The van der Waals surface area contributed by atoms with Crippen molar-refractivity contribution in [2.45, 2.75) is 194 Å². The molecule has 25 rings (SSSR count). The Balaban J connectivity index is 0.000000106. The summed E-state index contributed by atoms with van der Waals surface area (Å²) in [6, 6.07) is 85.2. The fourth-order valence-corrected chi connectivity index (χ4v) is 22.7. The second kappa shape index (κ2) is 34.9. The van der Waals surface area contributed by atoms with E-state index in [1.54, 1.807) is 0 Å². The zero-order valence-corrected chi connectivity index (χ0v) is 73.9. The van der Waals surface area contributed by atoms with Crippen molar-refractivity contribution in [3.63, 3.8) is 0 Å². The molecule has 0 amide bonds. The molecule has 8 heterocycles. The van der Waals surface area contributed by atoms with Crippen molar-refractivity contribution in [1.82, 2.24) is 0 Å². The summed E-state index contributed by atoms with van der Waals surface area (Å²) in [5, 5.41) is 0. The first-order chi connectivity index (χ1) is 61.3. The molecule has 10 aromatic carbocycles. The highest BCUT2D eigenvalue weighted by atomic mass is 16.6. The van der Waals surface area contributed by atoms with Gasteiger partial charge in [0.25, 0.3) is 0 Å². The van der Waals surface area contributed by atoms with Crippen LogP contribution in [0.2, 0.25) is 0 Å². The first kappa shape index (κ1) is 85.4. The van der Waals surface area contributed by atoms with Crippen LogP contribution in [0.3, 0.4) is 0 Å². The van der Waals surface area contributed by atoms with Crippen molar-refractivity contribution >= 4 is 0 Å². The average molecular weight is 1710 g/mol. The molecule has 127 heavy (non-hydrogen) atoms. The number of hydrogen-bond donors (Lipinski definition) is 0. The third-order valence-electron chi connectivity index (χ3n) is 29.5. The standard InChI is InChI=1S/C29H30O4.C28H32O4.C27H32O4.C26H26O4.CH4/c1-28(2)19-29(27-6-4-3-5-26(27)28,20-7-11-22(12-8-20)30-15-24-17-32-24)21-9-13-23(14-10-21)31-16-25-18-33-25;1-5-24(29-14-26-16-31-26)6-2-20(1)28(22-10-18-9-19(12-22)13-23(28)11-18)21-3-7-25(8-4-21)30-15-27-17-32-27;1-25(2)15-27(23-9-17(5-7-21(23)25)28-11-19-13-30-19)16-26(3,4)22-8-6-18(10-24(22)27)29-12-20-14-31-20;1-26(19-5-3-2-4-6-19,20-7-11-22(12-8-20)27-15-24-17-29-24)21-9-13-23(14-10-21)28-16-25-18-30-25;/h3-14,24-25H,15-19H2,1-2H3;1-8,18-19,22-23,26-27H,9-17H2;5-10,19-20H,11-16H2,1-4H3;2-14,24-25H,15-18H2,1H3;1H4. The zero-order chi connectivity index (χ0) is 85.4. The number of fused-ring (bicyclic) bond motifs is 5. The minimum absolute atomic E-state index is 0. The molecule has 12 fully saturated rings. The fraction of sp³-hybridized carbons (Fsp3) is 0.459. The number of rotatable bonds is 31. The van der Waals surface area contributed by atoms with Crippen LogP contribution in [0.5, 0.6) is 46.0 Å². The van der Waals surface area contributed by atoms with Gasteiger partial charge in [-0.25, -0.2) is 0 Å². The molecular weight excluding hydrogens is 1590 g/mol. The number of ether oxygens (including phenoxy) is 16. The van der Waals surface area contributed by atoms with Crippen LogP contribution in [0.4, 0.5) is 0 Å². The molecule has 8 unspecified atom stereocenters. The zero-order valence-electron chi connectivity index (χ0n) is 73.9. The maximum atomic E-state index is 6.10. The predicted molar refractivity (Wildman–Crippen MR) is 490 cm³/mol. The van der Waals surface area contributed by atoms with Crippen LogP contribution in [-0.2, 0) is 75.8 Å². The minimum Gasteiger partial charge on any atom is -0.491 e. The monoisotopic (exact) mass is 1710 g/mol. The van der Waals surface area contributed by atoms with Crippen LogP contribution in [0, 0.1) is 23.7 Å². The van der Waals surface area contributed by atoms with Gasteiger partial charge in [-0.1, -0.05) is 188 Å². The van der Waals surface area contributed by atoms with Gasteiger partial charge >= 0.3 is 0 Å². The molecule has 0 radical (unpaired) electrons. The predicted octanol–water partition coefficient (Wildman–Crippen LogP) is 20.4. The van der Waals surface area contributed by atoms with Gasteiger partial charge in [0.1, 0.15) is 148 Å². The first-order valence-corrected chi connectivity index (χ1v) is 46.3. The van der Waals surface area contributed by atoms with Gasteiger partial charge < -0.3 is 75.8 Å². The molecule has 664 valence electrons. The summed E-state index contributed by atoms with van der Waals surface area (Å²) in [5.74, 6) is 10.7. The van der Waals surface area contributed by atoms with E-state index < -0.39 is 0 Å². The fourth-order valence-electron chi connectivity index (χ4n) is 22.7. The normalized spacial score (nSPS) is 29.2. The van der Waals surface area contributed by atoms with Gasteiger partial charge in [-0.3, -0.25) is 0 Å². The molecule has 4 bridgehead atoms. The van der Waals surface area contributed by atoms with E-state index in [2.05, 4.69) is 261 Å². The molecule has 8 saturated heterocycles. The van der Waals surface area contributed by atoms with Crippen LogP contribution in [0.1, 0.15) is 180 Å². The quantitative estimate of drug-likeness (QED) is 0.0296. The van der Waals surface area contributed by atoms with Crippen LogP contribution >= 0.6 is 0 Å². The summed E-state index contributed by atoms with van der Waals surface area (Å²) in [7, 11) is 0. The number of hydrogen-bond acceptors (Lipinski definition) is 16. The van der Waals surface area contributed by atoms with Gasteiger partial charge in [0.2, 0.25) is 0 Å². The molecule has 0 aromatic heterocycles. The van der Waals surface area contributed by atoms with Gasteiger partial charge in [0.15, 0.2) is 0 Å². The summed E-state index contributed by atoms with van der Waals surface area (Å²) < 4.78 is 89.8. The van der Waals surface area contributed by atoms with Gasteiger partial charge in [-0.2, -0.15) is 0 Å². The summed E-state index contributed by atoms with van der Waals surface area (Å²) >= 11 is 0. The van der Waals surface area contributed by atoms with Crippen molar-refractivity contribution < 1.29 is 75.8 Å². The Morgan fingerprint density at radius 2 is 0.520 bits per heavy atom. The molecule has 15 aliphatic rings. The van der Waals surface area contributed by atoms with E-state index in [-0.39, 0.29) is 94.2 Å². The van der Waals surface area contributed by atoms with Crippen molar-refractivity contribution in [3.05, 3.63) is 309 Å². The SMILES string of the molecule is C.CC(c1ccccc1)(c1ccc(OCC2CO2)cc1)c1ccc(OCC2CO2)cc1.CC1(C)CC(c2ccc(OCC3CO3)cc2)(c2ccc(OCC3CO3)cc2)c2ccccc21.CC1(C)CC2(CC(C)(C)c3ccc(OCC4CO4)cc32)c2cc(OCC3CO3)ccc21.c1cc(C2(c3ccc(OCC4CO4)cc3)C3CC4CC(C3)CC2C4)ccc1OCC1CO1. The molecular formula is C111H124O16. The Morgan fingerprint density at radius 1 is 0.268 bits per heavy atom. The smallest absolute Gasteiger partial charge is 0.119 e. The van der Waals surface area contributed by atoms with Gasteiger partial charge in [0, 0.05) is 21.7 Å². The summed E-state index contributed by atoms with van der Waals surface area (Å²) in [6.07, 6.45) is 12.3. The van der Waals surface area contributed by atoms with Crippen LogP contribution in [0.15, 0.2) is 237 Å². The molecule has 4 saturated carbocycles. The lowest BCUT2D eigenvalue weighted by Crippen LogP contribution is -2.56. The second-order valence-corrected chi connectivity index (χ2v) is 40.1. The summed E-state index contributed by atoms with van der Waals surface area (Å²) in [4.78, 5) is 0. The Hall–Kier alpha value is -9.72. The lowest BCUT2D eigenvalue weighted by atomic mass is 9.42. The largest absolute Gasteiger partial charge is 0.491 e. The molecule has 16 nitrogen and oxygen atoms in total. The highest BCUT2D eigenvalue weighted by Crippen LogP contribution is 2.67. The molecule has 16 heteroatoms. The topological polar surface area (TPSA) is 174 Å². The van der Waals surface area contributed by atoms with E-state index in [1.807, 2.05) is 24.3 Å². The number of benzene rings is 10. The van der Waals surface area contributed by atoms with Crippen molar-refractivity contribution in [3.8, 4) is 46.0 Å².